The Labute approximate surface area is 180 Å². The molecule has 3 aliphatic heterocycles. The summed E-state index contributed by atoms with van der Waals surface area (Å²) < 4.78 is 0. The van der Waals surface area contributed by atoms with Gasteiger partial charge < -0.3 is 14.7 Å². The van der Waals surface area contributed by atoms with E-state index < -0.39 is 0 Å². The zero-order valence-corrected chi connectivity index (χ0v) is 19.7. The molecule has 0 aliphatic carbocycles. The summed E-state index contributed by atoms with van der Waals surface area (Å²) in [6.07, 6.45) is 11.8. The van der Waals surface area contributed by atoms with Gasteiger partial charge in [0.1, 0.15) is 0 Å². The minimum atomic E-state index is 0.322. The smallest absolute Gasteiger partial charge is 0.319 e. The number of carbonyl (C=O) groups is 1. The maximum absolute atomic E-state index is 12.9. The summed E-state index contributed by atoms with van der Waals surface area (Å²) in [7, 11) is 0. The monoisotopic (exact) mass is 405 g/mol. The number of likely N-dealkylation sites (tertiary alicyclic amines) is 3. The fraction of sp³-hybridized carbons (Fsp3) is 0.960. The summed E-state index contributed by atoms with van der Waals surface area (Å²) in [6.45, 7) is 15.8. The fourth-order valence-corrected chi connectivity index (χ4v) is 5.82. The van der Waals surface area contributed by atoms with Gasteiger partial charge in [0.2, 0.25) is 0 Å². The van der Waals surface area contributed by atoms with Crippen LogP contribution in [-0.4, -0.2) is 66.0 Å². The van der Waals surface area contributed by atoms with Crippen LogP contribution >= 0.6 is 0 Å². The molecular formula is C25H47N3O. The molecule has 0 spiro atoms. The Morgan fingerprint density at radius 1 is 0.724 bits per heavy atom. The van der Waals surface area contributed by atoms with Crippen LogP contribution in [0.2, 0.25) is 0 Å². The first-order chi connectivity index (χ1) is 13.9. The molecule has 4 nitrogen and oxygen atoms in total. The van der Waals surface area contributed by atoms with Crippen molar-refractivity contribution in [1.29, 1.82) is 0 Å². The first-order valence-electron chi connectivity index (χ1n) is 12.7. The number of carbonyl (C=O) groups excluding carboxylic acids is 1. The van der Waals surface area contributed by atoms with Crippen LogP contribution in [0.3, 0.4) is 0 Å². The van der Waals surface area contributed by atoms with Gasteiger partial charge in [-0.3, -0.25) is 0 Å². The molecule has 3 rings (SSSR count). The summed E-state index contributed by atoms with van der Waals surface area (Å²) in [5.41, 5.74) is 0. The number of hydrogen-bond acceptors (Lipinski definition) is 2. The van der Waals surface area contributed by atoms with E-state index in [4.69, 9.17) is 0 Å². The topological polar surface area (TPSA) is 26.8 Å². The number of piperidine rings is 3. The maximum atomic E-state index is 12.9. The first-order valence-corrected chi connectivity index (χ1v) is 12.7. The van der Waals surface area contributed by atoms with E-state index >= 15 is 0 Å². The van der Waals surface area contributed by atoms with Gasteiger partial charge >= 0.3 is 6.03 Å². The zero-order valence-electron chi connectivity index (χ0n) is 19.7. The Hall–Kier alpha value is -0.770. The predicted octanol–water partition coefficient (Wildman–Crippen LogP) is 5.48. The summed E-state index contributed by atoms with van der Waals surface area (Å²) in [5, 5.41) is 0. The normalized spacial score (nSPS) is 24.1. The SMILES string of the molecule is CC(C)C1CCN(C(=O)N2CCC(CCCC3CCN(C(C)C)CC3)CC2)CC1. The minimum Gasteiger partial charge on any atom is -0.325 e. The van der Waals surface area contributed by atoms with E-state index in [0.717, 1.165) is 49.9 Å². The van der Waals surface area contributed by atoms with Crippen molar-refractivity contribution in [3.63, 3.8) is 0 Å². The molecule has 0 N–H and O–H groups in total. The standard InChI is InChI=1S/C25H47N3O/c1-20(2)24-12-18-28(19-13-24)25(29)27-16-10-23(11-17-27)7-5-6-22-8-14-26(15-9-22)21(3)4/h20-24H,5-19H2,1-4H3. The van der Waals surface area contributed by atoms with E-state index in [2.05, 4.69) is 42.4 Å². The molecule has 0 saturated carbocycles. The molecule has 2 amide bonds. The Balaban J connectivity index is 1.28. The highest BCUT2D eigenvalue weighted by Gasteiger charge is 2.30. The summed E-state index contributed by atoms with van der Waals surface area (Å²) >= 11 is 0. The second-order valence-corrected chi connectivity index (χ2v) is 10.8. The van der Waals surface area contributed by atoms with Gasteiger partial charge in [0.15, 0.2) is 0 Å². The van der Waals surface area contributed by atoms with Crippen molar-refractivity contribution in [2.45, 2.75) is 91.5 Å². The Bertz CT molecular complexity index is 482. The maximum Gasteiger partial charge on any atom is 0.319 e. The third-order valence-electron chi connectivity index (χ3n) is 8.24. The van der Waals surface area contributed by atoms with Gasteiger partial charge in [-0.2, -0.15) is 0 Å². The van der Waals surface area contributed by atoms with E-state index in [1.54, 1.807) is 0 Å². The molecule has 3 aliphatic rings. The molecule has 0 radical (unpaired) electrons. The van der Waals surface area contributed by atoms with Crippen molar-refractivity contribution in [1.82, 2.24) is 14.7 Å². The third-order valence-corrected chi connectivity index (χ3v) is 8.24. The highest BCUT2D eigenvalue weighted by atomic mass is 16.2. The summed E-state index contributed by atoms with van der Waals surface area (Å²) in [5.74, 6) is 3.37. The highest BCUT2D eigenvalue weighted by molar-refractivity contribution is 5.74. The van der Waals surface area contributed by atoms with Crippen LogP contribution in [0.1, 0.15) is 85.5 Å². The first kappa shape index (κ1) is 22.9. The van der Waals surface area contributed by atoms with E-state index in [1.165, 1.54) is 70.9 Å². The second-order valence-electron chi connectivity index (χ2n) is 10.8. The van der Waals surface area contributed by atoms with Crippen molar-refractivity contribution in [3.05, 3.63) is 0 Å². The molecule has 168 valence electrons. The van der Waals surface area contributed by atoms with Gasteiger partial charge in [-0.15, -0.1) is 0 Å². The van der Waals surface area contributed by atoms with Crippen LogP contribution in [0.25, 0.3) is 0 Å². The molecule has 3 fully saturated rings. The molecule has 0 bridgehead atoms. The van der Waals surface area contributed by atoms with Crippen molar-refractivity contribution >= 4 is 6.03 Å². The summed E-state index contributed by atoms with van der Waals surface area (Å²) in [6, 6.07) is 1.04. The molecule has 0 atom stereocenters. The van der Waals surface area contributed by atoms with Crippen LogP contribution in [0.5, 0.6) is 0 Å². The third kappa shape index (κ3) is 6.60. The quantitative estimate of drug-likeness (QED) is 0.585. The van der Waals surface area contributed by atoms with E-state index in [9.17, 15) is 4.79 Å². The zero-order chi connectivity index (χ0) is 20.8. The Morgan fingerprint density at radius 3 is 1.62 bits per heavy atom. The van der Waals surface area contributed by atoms with Crippen molar-refractivity contribution < 1.29 is 4.79 Å². The Kier molecular flexibility index (Phi) is 8.70. The van der Waals surface area contributed by atoms with Crippen molar-refractivity contribution in [3.8, 4) is 0 Å². The lowest BCUT2D eigenvalue weighted by atomic mass is 9.86. The molecule has 0 aromatic carbocycles. The average molecular weight is 406 g/mol. The lowest BCUT2D eigenvalue weighted by Crippen LogP contribution is -2.49. The highest BCUT2D eigenvalue weighted by Crippen LogP contribution is 2.29. The largest absolute Gasteiger partial charge is 0.325 e. The molecule has 3 heterocycles. The summed E-state index contributed by atoms with van der Waals surface area (Å²) in [4.78, 5) is 19.8. The molecule has 4 heteroatoms. The van der Waals surface area contributed by atoms with Gasteiger partial charge in [0, 0.05) is 32.2 Å². The molecule has 0 unspecified atom stereocenters. The van der Waals surface area contributed by atoms with E-state index in [0.29, 0.717) is 12.1 Å². The minimum absolute atomic E-state index is 0.322. The van der Waals surface area contributed by atoms with Crippen molar-refractivity contribution in [2.24, 2.45) is 23.7 Å². The molecule has 0 aromatic rings. The number of amides is 2. The van der Waals surface area contributed by atoms with Gasteiger partial charge in [-0.25, -0.2) is 4.79 Å². The second kappa shape index (κ2) is 11.0. The molecule has 3 saturated heterocycles. The van der Waals surface area contributed by atoms with Crippen LogP contribution in [-0.2, 0) is 0 Å². The molecule has 0 aromatic heterocycles. The van der Waals surface area contributed by atoms with Gasteiger partial charge in [0.25, 0.3) is 0 Å². The lowest BCUT2D eigenvalue weighted by molar-refractivity contribution is 0.108. The predicted molar refractivity (Wildman–Crippen MR) is 122 cm³/mol. The van der Waals surface area contributed by atoms with Crippen LogP contribution in [0.4, 0.5) is 4.79 Å². The van der Waals surface area contributed by atoms with Crippen LogP contribution < -0.4 is 0 Å². The van der Waals surface area contributed by atoms with Gasteiger partial charge in [-0.1, -0.05) is 33.1 Å². The molecule has 29 heavy (non-hydrogen) atoms. The van der Waals surface area contributed by atoms with E-state index in [1.807, 2.05) is 0 Å². The molecular weight excluding hydrogens is 358 g/mol. The van der Waals surface area contributed by atoms with Gasteiger partial charge in [0.05, 0.1) is 0 Å². The lowest BCUT2D eigenvalue weighted by Gasteiger charge is -2.39. The number of nitrogens with zero attached hydrogens (tertiary/aromatic N) is 3. The number of rotatable bonds is 6. The average Bonchev–Trinajstić information content (AvgIpc) is 2.74. The van der Waals surface area contributed by atoms with Crippen LogP contribution in [0, 0.1) is 23.7 Å². The van der Waals surface area contributed by atoms with Crippen molar-refractivity contribution in [2.75, 3.05) is 39.3 Å². The van der Waals surface area contributed by atoms with Gasteiger partial charge in [-0.05, 0) is 89.1 Å². The number of hydrogen-bond donors (Lipinski definition) is 0. The van der Waals surface area contributed by atoms with Crippen LogP contribution in [0.15, 0.2) is 0 Å². The van der Waals surface area contributed by atoms with E-state index in [-0.39, 0.29) is 0 Å². The fourth-order valence-electron chi connectivity index (χ4n) is 5.82. The Morgan fingerprint density at radius 2 is 1.17 bits per heavy atom. The number of urea groups is 1.